The Balaban J connectivity index is 1.69. The Labute approximate surface area is 161 Å². The van der Waals surface area contributed by atoms with Crippen LogP contribution in [0.4, 0.5) is 0 Å². The van der Waals surface area contributed by atoms with Gasteiger partial charge in [0.2, 0.25) is 0 Å². The van der Waals surface area contributed by atoms with Crippen LogP contribution in [0.5, 0.6) is 5.75 Å². The van der Waals surface area contributed by atoms with Crippen LogP contribution < -0.4 is 4.74 Å². The minimum atomic E-state index is -0.390. The Morgan fingerprint density at radius 2 is 2.04 bits per heavy atom. The third-order valence-corrected chi connectivity index (χ3v) is 5.61. The molecule has 27 heavy (non-hydrogen) atoms. The van der Waals surface area contributed by atoms with Gasteiger partial charge in [-0.2, -0.15) is 5.26 Å². The van der Waals surface area contributed by atoms with E-state index in [1.165, 1.54) is 11.3 Å². The minimum Gasteiger partial charge on any atom is -0.490 e. The summed E-state index contributed by atoms with van der Waals surface area (Å²) in [5, 5.41) is 29.8. The zero-order valence-corrected chi connectivity index (χ0v) is 16.0. The zero-order valence-electron chi connectivity index (χ0n) is 15.1. The molecule has 136 valence electrons. The topological polar surface area (TPSA) is 79.0 Å². The number of aliphatic hydroxyl groups is 1. The summed E-state index contributed by atoms with van der Waals surface area (Å²) in [6, 6.07) is 13.7. The van der Waals surface area contributed by atoms with Crippen molar-refractivity contribution in [2.45, 2.75) is 38.9 Å². The fourth-order valence-corrected chi connectivity index (χ4v) is 4.28. The van der Waals surface area contributed by atoms with Crippen LogP contribution in [0.1, 0.15) is 43.1 Å². The lowest BCUT2D eigenvalue weighted by molar-refractivity contribution is 0.180. The van der Waals surface area contributed by atoms with Crippen LogP contribution in [0, 0.1) is 11.3 Å². The van der Waals surface area contributed by atoms with Crippen LogP contribution in [0.15, 0.2) is 36.4 Å². The van der Waals surface area contributed by atoms with Crippen molar-refractivity contribution in [3.8, 4) is 33.0 Å². The molecule has 0 bridgehead atoms. The predicted octanol–water partition coefficient (Wildman–Crippen LogP) is 4.51. The molecule has 6 heteroatoms. The van der Waals surface area contributed by atoms with E-state index in [1.54, 1.807) is 6.07 Å². The maximum Gasteiger partial charge on any atom is 0.148 e. The first-order chi connectivity index (χ1) is 13.1. The molecule has 1 N–H and O–H groups in total. The van der Waals surface area contributed by atoms with Gasteiger partial charge in [0, 0.05) is 11.1 Å². The molecular weight excluding hydrogens is 358 g/mol. The van der Waals surface area contributed by atoms with E-state index in [-0.39, 0.29) is 12.2 Å². The Morgan fingerprint density at radius 3 is 2.81 bits per heavy atom. The predicted molar refractivity (Wildman–Crippen MR) is 105 cm³/mol. The van der Waals surface area contributed by atoms with E-state index in [0.717, 1.165) is 45.1 Å². The van der Waals surface area contributed by atoms with Gasteiger partial charge in [0.05, 0.1) is 17.8 Å². The van der Waals surface area contributed by atoms with Gasteiger partial charge in [-0.15, -0.1) is 10.2 Å². The van der Waals surface area contributed by atoms with Gasteiger partial charge in [0.15, 0.2) is 0 Å². The van der Waals surface area contributed by atoms with E-state index < -0.39 is 0 Å². The van der Waals surface area contributed by atoms with Crippen LogP contribution in [0.2, 0.25) is 0 Å². The highest BCUT2D eigenvalue weighted by atomic mass is 32.1. The van der Waals surface area contributed by atoms with Crippen molar-refractivity contribution >= 4 is 11.3 Å². The van der Waals surface area contributed by atoms with Gasteiger partial charge in [-0.3, -0.25) is 0 Å². The van der Waals surface area contributed by atoms with Gasteiger partial charge < -0.3 is 9.84 Å². The van der Waals surface area contributed by atoms with E-state index in [4.69, 9.17) is 4.74 Å². The van der Waals surface area contributed by atoms with Gasteiger partial charge in [-0.1, -0.05) is 29.5 Å². The fourth-order valence-electron chi connectivity index (χ4n) is 3.39. The quantitative estimate of drug-likeness (QED) is 0.724. The number of nitriles is 1. The molecule has 0 fully saturated rings. The van der Waals surface area contributed by atoms with Crippen molar-refractivity contribution < 1.29 is 9.84 Å². The van der Waals surface area contributed by atoms with Crippen molar-refractivity contribution in [1.29, 1.82) is 5.26 Å². The average molecular weight is 377 g/mol. The minimum absolute atomic E-state index is 0.00612. The zero-order chi connectivity index (χ0) is 19.0. The highest BCUT2D eigenvalue weighted by Gasteiger charge is 2.24. The Hall–Kier alpha value is -2.75. The number of hydrogen-bond donors (Lipinski definition) is 1. The summed E-state index contributed by atoms with van der Waals surface area (Å²) < 4.78 is 5.68. The van der Waals surface area contributed by atoms with E-state index in [1.807, 2.05) is 44.2 Å². The van der Waals surface area contributed by atoms with Gasteiger partial charge >= 0.3 is 0 Å². The molecule has 5 nitrogen and oxygen atoms in total. The fraction of sp³-hybridized carbons (Fsp3) is 0.286. The van der Waals surface area contributed by atoms with Gasteiger partial charge in [0.1, 0.15) is 21.8 Å². The van der Waals surface area contributed by atoms with Crippen molar-refractivity contribution in [3.05, 3.63) is 53.1 Å². The van der Waals surface area contributed by atoms with Crippen LogP contribution in [-0.4, -0.2) is 21.4 Å². The maximum atomic E-state index is 10.1. The van der Waals surface area contributed by atoms with Crippen molar-refractivity contribution in [1.82, 2.24) is 10.2 Å². The molecule has 1 aliphatic rings. The first kappa shape index (κ1) is 17.7. The number of ether oxygens (including phenoxy) is 1. The molecule has 0 spiro atoms. The third-order valence-electron chi connectivity index (χ3n) is 4.60. The molecule has 4 rings (SSSR count). The highest BCUT2D eigenvalue weighted by Crippen LogP contribution is 2.40. The summed E-state index contributed by atoms with van der Waals surface area (Å²) in [6.07, 6.45) is 1.22. The van der Waals surface area contributed by atoms with E-state index in [9.17, 15) is 10.4 Å². The number of aromatic nitrogens is 2. The lowest BCUT2D eigenvalue weighted by atomic mass is 10.0. The second kappa shape index (κ2) is 7.10. The van der Waals surface area contributed by atoms with Crippen LogP contribution in [0.25, 0.3) is 21.1 Å². The highest BCUT2D eigenvalue weighted by molar-refractivity contribution is 7.17. The molecule has 3 aromatic rings. The second-order valence-electron chi connectivity index (χ2n) is 6.83. The van der Waals surface area contributed by atoms with Crippen LogP contribution in [0.3, 0.4) is 0 Å². The maximum absolute atomic E-state index is 10.1. The molecule has 0 radical (unpaired) electrons. The molecule has 0 saturated heterocycles. The molecule has 0 aliphatic heterocycles. The summed E-state index contributed by atoms with van der Waals surface area (Å²) in [5.74, 6) is 0.579. The number of aliphatic hydroxyl groups excluding tert-OH is 1. The monoisotopic (exact) mass is 377 g/mol. The lowest BCUT2D eigenvalue weighted by Crippen LogP contribution is -2.06. The third kappa shape index (κ3) is 3.32. The molecule has 1 aliphatic carbocycles. The summed E-state index contributed by atoms with van der Waals surface area (Å²) in [6.45, 7) is 3.86. The Morgan fingerprint density at radius 1 is 1.22 bits per heavy atom. The molecule has 2 aromatic carbocycles. The summed E-state index contributed by atoms with van der Waals surface area (Å²) >= 11 is 1.49. The van der Waals surface area contributed by atoms with E-state index >= 15 is 0 Å². The van der Waals surface area contributed by atoms with Gasteiger partial charge in [-0.25, -0.2) is 0 Å². The van der Waals surface area contributed by atoms with Crippen molar-refractivity contribution in [2.75, 3.05) is 0 Å². The smallest absolute Gasteiger partial charge is 0.148 e. The second-order valence-corrected chi connectivity index (χ2v) is 7.81. The number of rotatable bonds is 4. The molecule has 1 atom stereocenters. The van der Waals surface area contributed by atoms with Gasteiger partial charge in [0.25, 0.3) is 0 Å². The lowest BCUT2D eigenvalue weighted by Gasteiger charge is -2.11. The molecule has 1 heterocycles. The molecule has 0 amide bonds. The Bertz CT molecular complexity index is 1040. The van der Waals surface area contributed by atoms with E-state index in [0.29, 0.717) is 11.3 Å². The molecule has 1 unspecified atom stereocenters. The van der Waals surface area contributed by atoms with Gasteiger partial charge in [-0.05, 0) is 56.0 Å². The normalized spacial score (nSPS) is 15.6. The number of hydrogen-bond acceptors (Lipinski definition) is 6. The average Bonchev–Trinajstić information content (AvgIpc) is 3.29. The molecular formula is C21H19N3O2S. The Kier molecular flexibility index (Phi) is 4.65. The van der Waals surface area contributed by atoms with Crippen molar-refractivity contribution in [2.24, 2.45) is 0 Å². The van der Waals surface area contributed by atoms with Crippen LogP contribution >= 0.6 is 11.3 Å². The number of nitrogens with zero attached hydrogens (tertiary/aromatic N) is 3. The summed E-state index contributed by atoms with van der Waals surface area (Å²) in [4.78, 5) is 0. The summed E-state index contributed by atoms with van der Waals surface area (Å²) in [5.41, 5.74) is 4.52. The standard InChI is InChI=1S/C21H19N3O2S/c1-12(2)26-19-9-6-13(10-14(19)11-22)20-23-24-21(27-20)17-5-3-4-16-15(17)7-8-18(16)25/h3-6,9-10,12,18,25H,7-8H2,1-2H3. The first-order valence-corrected chi connectivity index (χ1v) is 9.73. The first-order valence-electron chi connectivity index (χ1n) is 8.91. The molecule has 0 saturated carbocycles. The largest absolute Gasteiger partial charge is 0.490 e. The number of benzene rings is 2. The SMILES string of the molecule is CC(C)Oc1ccc(-c2nnc(-c3cccc4c3CCC4O)s2)cc1C#N. The molecule has 1 aromatic heterocycles. The van der Waals surface area contributed by atoms with E-state index in [2.05, 4.69) is 16.3 Å². The van der Waals surface area contributed by atoms with Crippen LogP contribution in [-0.2, 0) is 6.42 Å². The van der Waals surface area contributed by atoms with Crippen molar-refractivity contribution in [3.63, 3.8) is 0 Å². The number of fused-ring (bicyclic) bond motifs is 1. The summed E-state index contributed by atoms with van der Waals surface area (Å²) in [7, 11) is 0.